The number of nitrogens with zero attached hydrogens (tertiary/aromatic N) is 1. The summed E-state index contributed by atoms with van der Waals surface area (Å²) in [6.45, 7) is -0.201. The van der Waals surface area contributed by atoms with Crippen LogP contribution in [0.4, 0.5) is 24.5 Å². The molecule has 1 heterocycles. The molecule has 0 saturated carbocycles. The van der Waals surface area contributed by atoms with E-state index >= 15 is 0 Å². The van der Waals surface area contributed by atoms with E-state index < -0.39 is 47.1 Å². The second-order valence-electron chi connectivity index (χ2n) is 6.01. The molecule has 0 aromatic heterocycles. The number of halogens is 4. The van der Waals surface area contributed by atoms with Gasteiger partial charge in [-0.25, -0.2) is 23.0 Å². The number of nitrogens with one attached hydrogen (secondary N) is 1. The normalized spacial score (nSPS) is 14.3. The predicted octanol–water partition coefficient (Wildman–Crippen LogP) is 4.20. The van der Waals surface area contributed by atoms with Crippen LogP contribution in [-0.2, 0) is 16.2 Å². The van der Waals surface area contributed by atoms with Gasteiger partial charge in [0.25, 0.3) is 0 Å². The smallest absolute Gasteiger partial charge is 0.337 e. The highest BCUT2D eigenvalue weighted by atomic mass is 127. The molecule has 1 fully saturated rings. The molecule has 148 valence electrons. The Bertz CT molecular complexity index is 955. The average Bonchev–Trinajstić information content (AvgIpc) is 2.64. The highest BCUT2D eigenvalue weighted by molar-refractivity contribution is 14.1. The van der Waals surface area contributed by atoms with Gasteiger partial charge in [-0.2, -0.15) is 0 Å². The van der Waals surface area contributed by atoms with E-state index in [0.717, 1.165) is 17.2 Å². The molecule has 0 aliphatic carbocycles. The summed E-state index contributed by atoms with van der Waals surface area (Å²) in [7, 11) is 0. The molecular weight excluding hydrogens is 492 g/mol. The fourth-order valence-corrected chi connectivity index (χ4v) is 3.15. The standard InChI is InChI=1S/C18H14F3IN2O4/c19-12-7-10(22)3-4-13(12)23-17-11(18(26)27)6-9(15(20)16(17)21)8-24-14(25)2-1-5-28-24/h3-4,6-7,23H,1-2,5,8H2,(H,26,27). The largest absolute Gasteiger partial charge is 0.478 e. The molecule has 0 unspecified atom stereocenters. The molecule has 0 bridgehead atoms. The number of hydrogen-bond donors (Lipinski definition) is 2. The Morgan fingerprint density at radius 1 is 1.25 bits per heavy atom. The van der Waals surface area contributed by atoms with Crippen LogP contribution in [0.1, 0.15) is 28.8 Å². The third kappa shape index (κ3) is 4.22. The van der Waals surface area contributed by atoms with Gasteiger partial charge in [-0.15, -0.1) is 0 Å². The van der Waals surface area contributed by atoms with Gasteiger partial charge in [-0.1, -0.05) is 0 Å². The van der Waals surface area contributed by atoms with E-state index in [1.165, 1.54) is 12.1 Å². The molecule has 2 aromatic carbocycles. The number of hydrogen-bond acceptors (Lipinski definition) is 4. The van der Waals surface area contributed by atoms with Gasteiger partial charge < -0.3 is 10.4 Å². The van der Waals surface area contributed by atoms with Gasteiger partial charge >= 0.3 is 5.97 Å². The first-order valence-corrected chi connectivity index (χ1v) is 9.25. The van der Waals surface area contributed by atoms with E-state index in [-0.39, 0.29) is 24.3 Å². The van der Waals surface area contributed by atoms with Gasteiger partial charge in [0.2, 0.25) is 5.91 Å². The van der Waals surface area contributed by atoms with E-state index in [2.05, 4.69) is 5.32 Å². The molecule has 1 saturated heterocycles. The number of anilines is 2. The van der Waals surface area contributed by atoms with Crippen molar-refractivity contribution in [1.29, 1.82) is 0 Å². The van der Waals surface area contributed by atoms with Gasteiger partial charge in [-0.3, -0.25) is 9.63 Å². The summed E-state index contributed by atoms with van der Waals surface area (Å²) >= 11 is 1.87. The van der Waals surface area contributed by atoms with E-state index in [4.69, 9.17) is 4.84 Å². The Kier molecular flexibility index (Phi) is 6.08. The number of hydroxylamine groups is 2. The number of benzene rings is 2. The highest BCUT2D eigenvalue weighted by Crippen LogP contribution is 2.31. The van der Waals surface area contributed by atoms with Crippen molar-refractivity contribution in [2.45, 2.75) is 19.4 Å². The first kappa shape index (κ1) is 20.4. The van der Waals surface area contributed by atoms with Crippen molar-refractivity contribution in [3.63, 3.8) is 0 Å². The minimum atomic E-state index is -1.54. The van der Waals surface area contributed by atoms with Crippen molar-refractivity contribution < 1.29 is 32.7 Å². The molecule has 28 heavy (non-hydrogen) atoms. The number of amides is 1. The molecule has 1 aliphatic rings. The lowest BCUT2D eigenvalue weighted by Crippen LogP contribution is -2.35. The quantitative estimate of drug-likeness (QED) is 0.595. The summed E-state index contributed by atoms with van der Waals surface area (Å²) in [6, 6.07) is 4.87. The molecule has 6 nitrogen and oxygen atoms in total. The Hall–Kier alpha value is -2.34. The van der Waals surface area contributed by atoms with E-state index in [1.807, 2.05) is 22.6 Å². The van der Waals surface area contributed by atoms with E-state index in [9.17, 15) is 27.9 Å². The molecule has 3 rings (SSSR count). The van der Waals surface area contributed by atoms with Crippen LogP contribution in [-0.4, -0.2) is 28.7 Å². The summed E-state index contributed by atoms with van der Waals surface area (Å²) < 4.78 is 43.8. The minimum absolute atomic E-state index is 0.196. The van der Waals surface area contributed by atoms with Crippen molar-refractivity contribution in [2.24, 2.45) is 0 Å². The van der Waals surface area contributed by atoms with Gasteiger partial charge in [0.15, 0.2) is 11.6 Å². The zero-order valence-electron chi connectivity index (χ0n) is 14.3. The summed E-state index contributed by atoms with van der Waals surface area (Å²) in [4.78, 5) is 28.5. The molecule has 0 spiro atoms. The molecule has 1 amide bonds. The molecule has 2 aromatic rings. The summed E-state index contributed by atoms with van der Waals surface area (Å²) in [6.07, 6.45) is 0.707. The van der Waals surface area contributed by atoms with Gasteiger partial charge in [-0.05, 0) is 53.3 Å². The topological polar surface area (TPSA) is 78.9 Å². The molecule has 10 heteroatoms. The summed E-state index contributed by atoms with van der Waals surface area (Å²) in [5, 5.41) is 12.6. The third-order valence-corrected chi connectivity index (χ3v) is 4.75. The fraction of sp³-hybridized carbons (Fsp3) is 0.222. The zero-order valence-corrected chi connectivity index (χ0v) is 16.4. The fourth-order valence-electron chi connectivity index (χ4n) is 2.69. The van der Waals surface area contributed by atoms with Crippen molar-refractivity contribution >= 4 is 45.8 Å². The van der Waals surface area contributed by atoms with Crippen LogP contribution < -0.4 is 5.32 Å². The van der Waals surface area contributed by atoms with Crippen LogP contribution in [0.3, 0.4) is 0 Å². The number of rotatable bonds is 5. The third-order valence-electron chi connectivity index (χ3n) is 4.08. The van der Waals surface area contributed by atoms with Crippen LogP contribution in [0.2, 0.25) is 0 Å². The first-order chi connectivity index (χ1) is 13.3. The van der Waals surface area contributed by atoms with Crippen molar-refractivity contribution in [3.05, 3.63) is 56.4 Å². The zero-order chi connectivity index (χ0) is 20.4. The summed E-state index contributed by atoms with van der Waals surface area (Å²) in [5.74, 6) is -5.54. The van der Waals surface area contributed by atoms with Gasteiger partial charge in [0.1, 0.15) is 5.82 Å². The number of aromatic carboxylic acids is 1. The maximum atomic E-state index is 14.7. The lowest BCUT2D eigenvalue weighted by atomic mass is 10.1. The minimum Gasteiger partial charge on any atom is -0.478 e. The van der Waals surface area contributed by atoms with Crippen LogP contribution in [0, 0.1) is 21.0 Å². The SMILES string of the molecule is O=C(O)c1cc(CN2OCCCC2=O)c(F)c(F)c1Nc1ccc(I)cc1F. The lowest BCUT2D eigenvalue weighted by Gasteiger charge is -2.26. The molecule has 0 atom stereocenters. The first-order valence-electron chi connectivity index (χ1n) is 8.17. The maximum Gasteiger partial charge on any atom is 0.337 e. The Labute approximate surface area is 171 Å². The molecule has 0 radical (unpaired) electrons. The van der Waals surface area contributed by atoms with Gasteiger partial charge in [0.05, 0.1) is 30.1 Å². The van der Waals surface area contributed by atoms with E-state index in [0.29, 0.717) is 9.99 Å². The lowest BCUT2D eigenvalue weighted by molar-refractivity contribution is -0.202. The summed E-state index contributed by atoms with van der Waals surface area (Å²) in [5.41, 5.74) is -1.88. The Morgan fingerprint density at radius 3 is 2.64 bits per heavy atom. The number of carboxylic acids is 1. The van der Waals surface area contributed by atoms with Crippen LogP contribution in [0.5, 0.6) is 0 Å². The molecular formula is C18H14F3IN2O4. The number of carboxylic acid groups (broad SMARTS) is 1. The van der Waals surface area contributed by atoms with Crippen LogP contribution in [0.15, 0.2) is 24.3 Å². The number of carbonyl (C=O) groups excluding carboxylic acids is 1. The van der Waals surface area contributed by atoms with Crippen LogP contribution >= 0.6 is 22.6 Å². The Balaban J connectivity index is 2.00. The maximum absolute atomic E-state index is 14.7. The second-order valence-corrected chi connectivity index (χ2v) is 7.25. The van der Waals surface area contributed by atoms with Crippen molar-refractivity contribution in [3.8, 4) is 0 Å². The highest BCUT2D eigenvalue weighted by Gasteiger charge is 2.27. The van der Waals surface area contributed by atoms with E-state index in [1.54, 1.807) is 0 Å². The average molecular weight is 506 g/mol. The molecule has 2 N–H and O–H groups in total. The second kappa shape index (κ2) is 8.35. The monoisotopic (exact) mass is 506 g/mol. The molecule has 1 aliphatic heterocycles. The number of carbonyl (C=O) groups is 2. The van der Waals surface area contributed by atoms with Crippen molar-refractivity contribution in [1.82, 2.24) is 5.06 Å². The van der Waals surface area contributed by atoms with Crippen molar-refractivity contribution in [2.75, 3.05) is 11.9 Å². The van der Waals surface area contributed by atoms with Crippen LogP contribution in [0.25, 0.3) is 0 Å². The predicted molar refractivity (Wildman–Crippen MR) is 101 cm³/mol. The Morgan fingerprint density at radius 2 is 2.00 bits per heavy atom. The van der Waals surface area contributed by atoms with Gasteiger partial charge in [0, 0.05) is 15.6 Å².